The molecule has 0 fully saturated rings. The minimum atomic E-state index is -0.202. The van der Waals surface area contributed by atoms with Crippen molar-refractivity contribution in [3.05, 3.63) is 57.6 Å². The molecule has 25 heavy (non-hydrogen) atoms. The highest BCUT2D eigenvalue weighted by molar-refractivity contribution is 6.42. The fourth-order valence-electron chi connectivity index (χ4n) is 2.52. The molecule has 0 saturated carbocycles. The maximum absolute atomic E-state index is 12.3. The van der Waals surface area contributed by atoms with Crippen LogP contribution in [0.4, 0.5) is 0 Å². The Labute approximate surface area is 158 Å². The van der Waals surface area contributed by atoms with Crippen LogP contribution in [0.1, 0.15) is 30.5 Å². The molecule has 0 aromatic heterocycles. The Balaban J connectivity index is 1.99. The molecule has 2 rings (SSSR count). The molecule has 1 N–H and O–H groups in total. The fourth-order valence-corrected chi connectivity index (χ4v) is 2.84. The van der Waals surface area contributed by atoms with Gasteiger partial charge in [0.05, 0.1) is 30.3 Å². The van der Waals surface area contributed by atoms with E-state index in [0.717, 1.165) is 11.1 Å². The van der Waals surface area contributed by atoms with Crippen LogP contribution in [0, 0.1) is 0 Å². The largest absolute Gasteiger partial charge is 0.497 e. The fraction of sp³-hybridized carbons (Fsp3) is 0.316. The summed E-state index contributed by atoms with van der Waals surface area (Å²) in [5.74, 6) is 1.37. The minimum Gasteiger partial charge on any atom is -0.497 e. The predicted molar refractivity (Wildman–Crippen MR) is 101 cm³/mol. The predicted octanol–water partition coefficient (Wildman–Crippen LogP) is 4.82. The normalized spacial score (nSPS) is 11.7. The molecule has 6 heteroatoms. The van der Waals surface area contributed by atoms with E-state index < -0.39 is 0 Å². The monoisotopic (exact) mass is 381 g/mol. The van der Waals surface area contributed by atoms with Crippen molar-refractivity contribution in [2.75, 3.05) is 14.2 Å². The summed E-state index contributed by atoms with van der Waals surface area (Å²) in [5.41, 5.74) is 1.83. The molecule has 0 bridgehead atoms. The Hall–Kier alpha value is -1.91. The summed E-state index contributed by atoms with van der Waals surface area (Å²) in [6.45, 7) is 1.91. The summed E-state index contributed by atoms with van der Waals surface area (Å²) in [5, 5.41) is 3.99. The molecular formula is C19H21Cl2NO3. The third-order valence-electron chi connectivity index (χ3n) is 3.91. The van der Waals surface area contributed by atoms with E-state index in [0.29, 0.717) is 34.4 Å². The number of nitrogens with one attached hydrogen (secondary N) is 1. The van der Waals surface area contributed by atoms with Gasteiger partial charge in [-0.2, -0.15) is 0 Å². The average molecular weight is 382 g/mol. The first-order chi connectivity index (χ1) is 11.9. The van der Waals surface area contributed by atoms with E-state index in [2.05, 4.69) is 5.32 Å². The van der Waals surface area contributed by atoms with Crippen LogP contribution in [0.5, 0.6) is 11.5 Å². The molecule has 0 heterocycles. The topological polar surface area (TPSA) is 47.6 Å². The van der Waals surface area contributed by atoms with Gasteiger partial charge in [-0.1, -0.05) is 29.3 Å². The van der Waals surface area contributed by atoms with Gasteiger partial charge in [0.25, 0.3) is 0 Å². The van der Waals surface area contributed by atoms with Gasteiger partial charge in [-0.05, 0) is 49.2 Å². The van der Waals surface area contributed by atoms with Crippen molar-refractivity contribution in [3.8, 4) is 11.5 Å². The number of hydrogen-bond acceptors (Lipinski definition) is 3. The molecule has 0 unspecified atom stereocenters. The maximum Gasteiger partial charge on any atom is 0.220 e. The van der Waals surface area contributed by atoms with Crippen LogP contribution >= 0.6 is 23.2 Å². The standard InChI is InChI=1S/C19H21Cl2NO3/c1-12(15-11-14(24-2)6-8-18(15)25-3)22-19(23)9-5-13-4-7-16(20)17(21)10-13/h4,6-8,10-12H,5,9H2,1-3H3,(H,22,23)/t12-/m1/s1. The van der Waals surface area contributed by atoms with Crippen LogP contribution in [-0.2, 0) is 11.2 Å². The van der Waals surface area contributed by atoms with Crippen molar-refractivity contribution in [2.24, 2.45) is 0 Å². The highest BCUT2D eigenvalue weighted by Gasteiger charge is 2.15. The third kappa shape index (κ3) is 5.28. The zero-order valence-corrected chi connectivity index (χ0v) is 15.9. The number of hydrogen-bond donors (Lipinski definition) is 1. The number of benzene rings is 2. The Kier molecular flexibility index (Phi) is 6.97. The molecule has 0 radical (unpaired) electrons. The van der Waals surface area contributed by atoms with Crippen LogP contribution in [0.2, 0.25) is 10.0 Å². The van der Waals surface area contributed by atoms with E-state index in [4.69, 9.17) is 32.7 Å². The third-order valence-corrected chi connectivity index (χ3v) is 4.64. The summed E-state index contributed by atoms with van der Waals surface area (Å²) in [6.07, 6.45) is 0.944. The average Bonchev–Trinajstić information content (AvgIpc) is 2.62. The van der Waals surface area contributed by atoms with Gasteiger partial charge >= 0.3 is 0 Å². The number of methoxy groups -OCH3 is 2. The molecule has 0 spiro atoms. The van der Waals surface area contributed by atoms with Gasteiger partial charge < -0.3 is 14.8 Å². The second-order valence-corrected chi connectivity index (χ2v) is 6.46. The molecule has 0 aliphatic heterocycles. The van der Waals surface area contributed by atoms with Crippen LogP contribution < -0.4 is 14.8 Å². The lowest BCUT2D eigenvalue weighted by Gasteiger charge is -2.18. The van der Waals surface area contributed by atoms with Gasteiger partial charge in [-0.25, -0.2) is 0 Å². The summed E-state index contributed by atoms with van der Waals surface area (Å²) in [4.78, 5) is 12.3. The number of halogens is 2. The second-order valence-electron chi connectivity index (χ2n) is 5.65. The molecule has 0 saturated heterocycles. The Bertz CT molecular complexity index is 749. The second kappa shape index (κ2) is 8.97. The lowest BCUT2D eigenvalue weighted by atomic mass is 10.1. The number of carbonyl (C=O) groups excluding carboxylic acids is 1. The van der Waals surface area contributed by atoms with E-state index in [-0.39, 0.29) is 11.9 Å². The Morgan fingerprint density at radius 1 is 1.08 bits per heavy atom. The number of rotatable bonds is 7. The Morgan fingerprint density at radius 2 is 1.84 bits per heavy atom. The highest BCUT2D eigenvalue weighted by atomic mass is 35.5. The van der Waals surface area contributed by atoms with Gasteiger partial charge in [0.1, 0.15) is 11.5 Å². The zero-order valence-electron chi connectivity index (χ0n) is 14.4. The van der Waals surface area contributed by atoms with E-state index in [1.807, 2.05) is 31.2 Å². The molecule has 1 amide bonds. The first kappa shape index (κ1) is 19.4. The van der Waals surface area contributed by atoms with E-state index in [1.54, 1.807) is 26.4 Å². The lowest BCUT2D eigenvalue weighted by Crippen LogP contribution is -2.27. The molecule has 2 aromatic carbocycles. The Morgan fingerprint density at radius 3 is 2.48 bits per heavy atom. The molecule has 0 aliphatic carbocycles. The number of amides is 1. The quantitative estimate of drug-likeness (QED) is 0.747. The molecule has 0 aliphatic rings. The van der Waals surface area contributed by atoms with Crippen molar-refractivity contribution in [1.82, 2.24) is 5.32 Å². The summed E-state index contributed by atoms with van der Waals surface area (Å²) >= 11 is 11.9. The molecule has 1 atom stereocenters. The van der Waals surface area contributed by atoms with Crippen molar-refractivity contribution in [1.29, 1.82) is 0 Å². The van der Waals surface area contributed by atoms with Gasteiger partial charge in [0.15, 0.2) is 0 Å². The lowest BCUT2D eigenvalue weighted by molar-refractivity contribution is -0.121. The van der Waals surface area contributed by atoms with Crippen LogP contribution in [0.3, 0.4) is 0 Å². The first-order valence-electron chi connectivity index (χ1n) is 7.89. The van der Waals surface area contributed by atoms with Crippen LogP contribution in [0.15, 0.2) is 36.4 Å². The summed E-state index contributed by atoms with van der Waals surface area (Å²) < 4.78 is 10.6. The number of carbonyl (C=O) groups is 1. The van der Waals surface area contributed by atoms with Gasteiger partial charge in [-0.15, -0.1) is 0 Å². The maximum atomic E-state index is 12.3. The van der Waals surface area contributed by atoms with Crippen molar-refractivity contribution >= 4 is 29.1 Å². The molecule has 4 nitrogen and oxygen atoms in total. The summed E-state index contributed by atoms with van der Waals surface area (Å²) in [6, 6.07) is 10.7. The van der Waals surface area contributed by atoms with E-state index in [1.165, 1.54) is 0 Å². The highest BCUT2D eigenvalue weighted by Crippen LogP contribution is 2.29. The molecule has 2 aromatic rings. The van der Waals surface area contributed by atoms with Gasteiger partial charge in [-0.3, -0.25) is 4.79 Å². The van der Waals surface area contributed by atoms with Crippen molar-refractivity contribution in [3.63, 3.8) is 0 Å². The van der Waals surface area contributed by atoms with Gasteiger partial charge in [0, 0.05) is 12.0 Å². The zero-order chi connectivity index (χ0) is 18.4. The van der Waals surface area contributed by atoms with Crippen molar-refractivity contribution in [2.45, 2.75) is 25.8 Å². The van der Waals surface area contributed by atoms with Crippen molar-refractivity contribution < 1.29 is 14.3 Å². The van der Waals surface area contributed by atoms with Crippen LogP contribution in [0.25, 0.3) is 0 Å². The van der Waals surface area contributed by atoms with Crippen LogP contribution in [-0.4, -0.2) is 20.1 Å². The first-order valence-corrected chi connectivity index (χ1v) is 8.65. The number of aryl methyl sites for hydroxylation is 1. The van der Waals surface area contributed by atoms with E-state index >= 15 is 0 Å². The molecule has 134 valence electrons. The summed E-state index contributed by atoms with van der Waals surface area (Å²) in [7, 11) is 3.20. The smallest absolute Gasteiger partial charge is 0.220 e. The number of ether oxygens (including phenoxy) is 2. The van der Waals surface area contributed by atoms with E-state index in [9.17, 15) is 4.79 Å². The molecular weight excluding hydrogens is 361 g/mol. The van der Waals surface area contributed by atoms with Gasteiger partial charge in [0.2, 0.25) is 5.91 Å². The minimum absolute atomic E-state index is 0.0524. The SMILES string of the molecule is COc1ccc(OC)c([C@@H](C)NC(=O)CCc2ccc(Cl)c(Cl)c2)c1.